The van der Waals surface area contributed by atoms with Crippen LogP contribution in [0, 0.1) is 18.6 Å². The van der Waals surface area contributed by atoms with E-state index in [1.165, 1.54) is 42.6 Å². The summed E-state index contributed by atoms with van der Waals surface area (Å²) in [6, 6.07) is 11.4. The fraction of sp³-hybridized carbons (Fsp3) is 0.125. The van der Waals surface area contributed by atoms with Crippen LogP contribution in [-0.2, 0) is 22.6 Å². The Morgan fingerprint density at radius 2 is 1.75 bits per heavy atom. The predicted molar refractivity (Wildman–Crippen MR) is 113 cm³/mol. The summed E-state index contributed by atoms with van der Waals surface area (Å²) in [5.41, 5.74) is 1.10. The highest BCUT2D eigenvalue weighted by Crippen LogP contribution is 2.18. The van der Waals surface area contributed by atoms with E-state index in [2.05, 4.69) is 0 Å². The minimum absolute atomic E-state index is 0.158. The summed E-state index contributed by atoms with van der Waals surface area (Å²) in [5.74, 6) is -4.93. The molecule has 0 saturated heterocycles. The molecule has 8 heteroatoms. The third kappa shape index (κ3) is 5.15. The second-order valence-electron chi connectivity index (χ2n) is 7.23. The first-order chi connectivity index (χ1) is 15.2. The second-order valence-corrected chi connectivity index (χ2v) is 7.23. The Morgan fingerprint density at radius 1 is 1.03 bits per heavy atom. The number of hydrogen-bond acceptors (Lipinski definition) is 4. The zero-order chi connectivity index (χ0) is 23.4. The molecule has 3 aromatic rings. The van der Waals surface area contributed by atoms with Gasteiger partial charge in [-0.15, -0.1) is 0 Å². The van der Waals surface area contributed by atoms with E-state index in [0.29, 0.717) is 17.2 Å². The fourth-order valence-electron chi connectivity index (χ4n) is 3.25. The van der Waals surface area contributed by atoms with Gasteiger partial charge in [0.1, 0.15) is 17.4 Å². The lowest BCUT2D eigenvalue weighted by molar-refractivity contribution is -0.146. The number of aliphatic carboxylic acids is 1. The Kier molecular flexibility index (Phi) is 6.63. The van der Waals surface area contributed by atoms with Crippen molar-refractivity contribution in [1.82, 2.24) is 4.57 Å². The average Bonchev–Trinajstić information content (AvgIpc) is 2.73. The third-order valence-corrected chi connectivity index (χ3v) is 4.89. The summed E-state index contributed by atoms with van der Waals surface area (Å²) < 4.78 is 28.7. The molecule has 2 aromatic carbocycles. The minimum Gasteiger partial charge on any atom is -0.507 e. The maximum absolute atomic E-state index is 14.1. The molecule has 0 fully saturated rings. The summed E-state index contributed by atoms with van der Waals surface area (Å²) in [5, 5.41) is 19.1. The molecule has 0 unspecified atom stereocenters. The number of carbonyl (C=O) groups is 2. The lowest BCUT2D eigenvalue weighted by Crippen LogP contribution is -2.25. The third-order valence-electron chi connectivity index (χ3n) is 4.89. The van der Waals surface area contributed by atoms with Gasteiger partial charge >= 0.3 is 5.97 Å². The van der Waals surface area contributed by atoms with Gasteiger partial charge < -0.3 is 14.8 Å². The SMILES string of the molecule is Cc1cc(F)ccc1Cc1cc(C(O)=CC(=O)C(=O)O)c(=O)n(Cc2ccccc2F)c1. The normalized spacial score (nSPS) is 11.4. The van der Waals surface area contributed by atoms with Crippen molar-refractivity contribution in [2.24, 2.45) is 0 Å². The molecule has 3 rings (SSSR count). The molecule has 2 N–H and O–H groups in total. The number of hydrogen-bond donors (Lipinski definition) is 2. The maximum Gasteiger partial charge on any atom is 0.376 e. The molecule has 1 heterocycles. The van der Waals surface area contributed by atoms with Gasteiger partial charge in [0, 0.05) is 17.8 Å². The average molecular weight is 439 g/mol. The number of aromatic nitrogens is 1. The largest absolute Gasteiger partial charge is 0.507 e. The van der Waals surface area contributed by atoms with Crippen molar-refractivity contribution in [1.29, 1.82) is 0 Å². The van der Waals surface area contributed by atoms with Crippen molar-refractivity contribution >= 4 is 17.5 Å². The molecule has 1 aromatic heterocycles. The maximum atomic E-state index is 14.1. The molecule has 0 saturated carbocycles. The first-order valence-corrected chi connectivity index (χ1v) is 9.56. The lowest BCUT2D eigenvalue weighted by atomic mass is 10.00. The zero-order valence-electron chi connectivity index (χ0n) is 17.0. The Balaban J connectivity index is 2.12. The van der Waals surface area contributed by atoms with E-state index in [-0.39, 0.29) is 24.1 Å². The molecular formula is C24H19F2NO5. The molecule has 0 aliphatic heterocycles. The van der Waals surface area contributed by atoms with Crippen LogP contribution in [0.3, 0.4) is 0 Å². The Bertz CT molecular complexity index is 1290. The number of carboxylic acid groups (broad SMARTS) is 1. The quantitative estimate of drug-likeness (QED) is 0.333. The first-order valence-electron chi connectivity index (χ1n) is 9.56. The van der Waals surface area contributed by atoms with Crippen LogP contribution >= 0.6 is 0 Å². The van der Waals surface area contributed by atoms with Crippen molar-refractivity contribution in [3.63, 3.8) is 0 Å². The number of aliphatic hydroxyl groups is 1. The van der Waals surface area contributed by atoms with E-state index < -0.39 is 34.7 Å². The van der Waals surface area contributed by atoms with Gasteiger partial charge in [-0.25, -0.2) is 13.6 Å². The van der Waals surface area contributed by atoms with E-state index in [4.69, 9.17) is 5.11 Å². The molecule has 0 radical (unpaired) electrons. The Labute approximate surface area is 181 Å². The summed E-state index contributed by atoms with van der Waals surface area (Å²) in [6.07, 6.45) is 2.17. The molecule has 32 heavy (non-hydrogen) atoms. The number of ketones is 1. The number of carboxylic acids is 1. The summed E-state index contributed by atoms with van der Waals surface area (Å²) in [4.78, 5) is 35.2. The van der Waals surface area contributed by atoms with Crippen LogP contribution in [0.2, 0.25) is 0 Å². The van der Waals surface area contributed by atoms with Gasteiger partial charge in [-0.3, -0.25) is 9.59 Å². The molecule has 0 atom stereocenters. The number of benzene rings is 2. The highest BCUT2D eigenvalue weighted by molar-refractivity contribution is 6.38. The summed E-state index contributed by atoms with van der Waals surface area (Å²) in [6.45, 7) is 1.56. The molecule has 0 aliphatic carbocycles. The highest BCUT2D eigenvalue weighted by Gasteiger charge is 2.16. The van der Waals surface area contributed by atoms with Crippen LogP contribution < -0.4 is 5.56 Å². The van der Waals surface area contributed by atoms with Crippen LogP contribution in [-0.4, -0.2) is 26.5 Å². The van der Waals surface area contributed by atoms with E-state index in [0.717, 1.165) is 10.1 Å². The van der Waals surface area contributed by atoms with E-state index >= 15 is 0 Å². The van der Waals surface area contributed by atoms with Gasteiger partial charge in [-0.1, -0.05) is 24.3 Å². The van der Waals surface area contributed by atoms with Crippen LogP contribution in [0.25, 0.3) is 5.76 Å². The molecule has 0 spiro atoms. The lowest BCUT2D eigenvalue weighted by Gasteiger charge is -2.13. The predicted octanol–water partition coefficient (Wildman–Crippen LogP) is 3.63. The summed E-state index contributed by atoms with van der Waals surface area (Å²) >= 11 is 0. The Hall–Kier alpha value is -4.07. The topological polar surface area (TPSA) is 96.6 Å². The zero-order valence-corrected chi connectivity index (χ0v) is 17.0. The van der Waals surface area contributed by atoms with Crippen LogP contribution in [0.5, 0.6) is 0 Å². The number of pyridine rings is 1. The van der Waals surface area contributed by atoms with E-state index in [9.17, 15) is 28.3 Å². The minimum atomic E-state index is -1.79. The van der Waals surface area contributed by atoms with Crippen LogP contribution in [0.1, 0.15) is 27.8 Å². The fourth-order valence-corrected chi connectivity index (χ4v) is 3.25. The monoisotopic (exact) mass is 439 g/mol. The molecule has 164 valence electrons. The van der Waals surface area contributed by atoms with Crippen molar-refractivity contribution in [3.8, 4) is 0 Å². The van der Waals surface area contributed by atoms with E-state index in [1.807, 2.05) is 0 Å². The highest BCUT2D eigenvalue weighted by atomic mass is 19.1. The van der Waals surface area contributed by atoms with Crippen LogP contribution in [0.15, 0.2) is 65.6 Å². The first kappa shape index (κ1) is 22.6. The van der Waals surface area contributed by atoms with Gasteiger partial charge in [0.05, 0.1) is 12.1 Å². The Morgan fingerprint density at radius 3 is 2.41 bits per heavy atom. The number of aliphatic hydroxyl groups excluding tert-OH is 1. The van der Waals surface area contributed by atoms with Crippen molar-refractivity contribution in [2.75, 3.05) is 0 Å². The smallest absolute Gasteiger partial charge is 0.376 e. The number of rotatable bonds is 7. The summed E-state index contributed by atoms with van der Waals surface area (Å²) in [7, 11) is 0. The van der Waals surface area contributed by atoms with Gasteiger partial charge in [0.25, 0.3) is 11.3 Å². The number of carbonyl (C=O) groups excluding carboxylic acids is 1. The molecule has 0 aliphatic rings. The van der Waals surface area contributed by atoms with Crippen molar-refractivity contribution < 1.29 is 28.6 Å². The van der Waals surface area contributed by atoms with E-state index in [1.54, 1.807) is 19.1 Å². The number of aryl methyl sites for hydroxylation is 1. The van der Waals surface area contributed by atoms with Crippen LogP contribution in [0.4, 0.5) is 8.78 Å². The van der Waals surface area contributed by atoms with Gasteiger partial charge in [0.2, 0.25) is 0 Å². The standard InChI is InChI=1S/C24H19F2NO5/c1-14-8-18(25)7-6-16(14)9-15-10-19(21(28)11-22(29)24(31)32)23(30)27(12-15)13-17-4-2-3-5-20(17)26/h2-8,10-12,28H,9,13H2,1H3,(H,31,32). The van der Waals surface area contributed by atoms with Gasteiger partial charge in [0.15, 0.2) is 0 Å². The van der Waals surface area contributed by atoms with Crippen molar-refractivity contribution in [3.05, 3.63) is 111 Å². The van der Waals surface area contributed by atoms with Crippen molar-refractivity contribution in [2.45, 2.75) is 19.9 Å². The number of nitrogens with zero attached hydrogens (tertiary/aromatic N) is 1. The molecule has 0 bridgehead atoms. The molecule has 6 nitrogen and oxygen atoms in total. The second kappa shape index (κ2) is 9.38. The van der Waals surface area contributed by atoms with Gasteiger partial charge in [-0.2, -0.15) is 0 Å². The van der Waals surface area contributed by atoms with Gasteiger partial charge in [-0.05, 0) is 54.3 Å². The molecular weight excluding hydrogens is 420 g/mol. The number of halogens is 2. The molecule has 0 amide bonds.